The van der Waals surface area contributed by atoms with Crippen LogP contribution < -0.4 is 14.4 Å². The second kappa shape index (κ2) is 10.8. The Bertz CT molecular complexity index is 1020. The molecule has 0 heterocycles. The van der Waals surface area contributed by atoms with Gasteiger partial charge in [0, 0.05) is 14.1 Å². The van der Waals surface area contributed by atoms with Crippen molar-refractivity contribution in [3.63, 3.8) is 0 Å². The number of nitrogens with one attached hydrogen (secondary N) is 1. The zero-order chi connectivity index (χ0) is 24.1. The van der Waals surface area contributed by atoms with E-state index in [4.69, 9.17) is 4.74 Å². The smallest absolute Gasteiger partial charge is 0.304 e. The summed E-state index contributed by atoms with van der Waals surface area (Å²) in [5, 5.41) is 3.04. The number of nitrogens with zero attached hydrogens (tertiary/aromatic N) is 2. The summed E-state index contributed by atoms with van der Waals surface area (Å²) in [4.78, 5) is 13.1. The maximum absolute atomic E-state index is 13.1. The van der Waals surface area contributed by atoms with Crippen molar-refractivity contribution in [2.75, 3.05) is 32.1 Å². The molecular weight excluding hydrogens is 426 g/mol. The average Bonchev–Trinajstić information content (AvgIpc) is 2.73. The molecule has 0 aliphatic heterocycles. The molecule has 0 spiro atoms. The minimum Gasteiger partial charge on any atom is -0.497 e. The molecule has 1 N–H and O–H groups in total. The monoisotopic (exact) mass is 461 g/mol. The van der Waals surface area contributed by atoms with Crippen molar-refractivity contribution in [2.45, 2.75) is 40.2 Å². The van der Waals surface area contributed by atoms with Gasteiger partial charge in [-0.1, -0.05) is 38.1 Å². The van der Waals surface area contributed by atoms with Crippen LogP contribution in [0.2, 0.25) is 0 Å². The summed E-state index contributed by atoms with van der Waals surface area (Å²) < 4.78 is 33.7. The van der Waals surface area contributed by atoms with Crippen molar-refractivity contribution < 1.29 is 17.9 Å². The molecule has 0 aliphatic rings. The largest absolute Gasteiger partial charge is 0.497 e. The zero-order valence-electron chi connectivity index (χ0n) is 20.0. The third-order valence-corrected chi connectivity index (χ3v) is 7.03. The number of amides is 1. The molecule has 0 radical (unpaired) electrons. The predicted molar refractivity (Wildman–Crippen MR) is 129 cm³/mol. The third-order valence-electron chi connectivity index (χ3n) is 5.22. The van der Waals surface area contributed by atoms with E-state index in [1.165, 1.54) is 18.4 Å². The van der Waals surface area contributed by atoms with Crippen molar-refractivity contribution in [3.05, 3.63) is 59.2 Å². The fourth-order valence-electron chi connectivity index (χ4n) is 3.43. The highest BCUT2D eigenvalue weighted by Gasteiger charge is 2.29. The van der Waals surface area contributed by atoms with Gasteiger partial charge in [-0.3, -0.25) is 4.79 Å². The first-order valence-electron chi connectivity index (χ1n) is 10.7. The van der Waals surface area contributed by atoms with Crippen molar-refractivity contribution in [2.24, 2.45) is 5.92 Å². The summed E-state index contributed by atoms with van der Waals surface area (Å²) in [5.41, 5.74) is 3.14. The lowest BCUT2D eigenvalue weighted by Gasteiger charge is -2.29. The lowest BCUT2D eigenvalue weighted by molar-refractivity contribution is -0.120. The van der Waals surface area contributed by atoms with E-state index in [0.717, 1.165) is 33.2 Å². The predicted octanol–water partition coefficient (Wildman–Crippen LogP) is 3.83. The molecule has 0 bridgehead atoms. The normalized spacial score (nSPS) is 12.7. The quantitative estimate of drug-likeness (QED) is 0.583. The van der Waals surface area contributed by atoms with Crippen LogP contribution in [0, 0.1) is 19.8 Å². The minimum atomic E-state index is -3.87. The van der Waals surface area contributed by atoms with Crippen LogP contribution in [0.5, 0.6) is 5.75 Å². The van der Waals surface area contributed by atoms with Gasteiger partial charge in [-0.25, -0.2) is 4.31 Å². The topological polar surface area (TPSA) is 79.0 Å². The first kappa shape index (κ1) is 25.7. The number of aryl methyl sites for hydroxylation is 2. The molecule has 0 saturated carbocycles. The van der Waals surface area contributed by atoms with Crippen LogP contribution in [-0.4, -0.2) is 46.4 Å². The van der Waals surface area contributed by atoms with E-state index in [2.05, 4.69) is 19.2 Å². The Morgan fingerprint density at radius 3 is 2.22 bits per heavy atom. The van der Waals surface area contributed by atoms with Gasteiger partial charge < -0.3 is 10.1 Å². The van der Waals surface area contributed by atoms with Gasteiger partial charge in [0.2, 0.25) is 5.91 Å². The van der Waals surface area contributed by atoms with Crippen molar-refractivity contribution in [3.8, 4) is 5.75 Å². The van der Waals surface area contributed by atoms with Crippen molar-refractivity contribution in [1.82, 2.24) is 9.62 Å². The van der Waals surface area contributed by atoms with Crippen molar-refractivity contribution in [1.29, 1.82) is 0 Å². The highest BCUT2D eigenvalue weighted by molar-refractivity contribution is 7.90. The third kappa shape index (κ3) is 6.46. The molecule has 0 aliphatic carbocycles. The fraction of sp³-hybridized carbons (Fsp3) is 0.458. The molecule has 0 saturated heterocycles. The Morgan fingerprint density at radius 1 is 1.06 bits per heavy atom. The number of rotatable bonds is 10. The first-order valence-corrected chi connectivity index (χ1v) is 12.1. The number of carbonyl (C=O) groups excluding carboxylic acids is 1. The number of carbonyl (C=O) groups is 1. The first-order chi connectivity index (χ1) is 14.9. The zero-order valence-corrected chi connectivity index (χ0v) is 20.9. The van der Waals surface area contributed by atoms with Gasteiger partial charge >= 0.3 is 10.2 Å². The molecule has 1 atom stereocenters. The molecule has 8 heteroatoms. The second-order valence-corrected chi connectivity index (χ2v) is 10.7. The number of methoxy groups -OCH3 is 1. The summed E-state index contributed by atoms with van der Waals surface area (Å²) in [7, 11) is 0.662. The maximum Gasteiger partial charge on any atom is 0.304 e. The SMILES string of the molecule is COc1ccc([C@H](CC(C)C)NC(=O)CN(c2cc(C)ccc2C)S(=O)(=O)N(C)C)cc1. The number of ether oxygens (including phenoxy) is 1. The van der Waals surface area contributed by atoms with Gasteiger partial charge in [0.1, 0.15) is 12.3 Å². The van der Waals surface area contributed by atoms with Crippen LogP contribution in [0.1, 0.15) is 43.0 Å². The number of hydrogen-bond donors (Lipinski definition) is 1. The molecule has 7 nitrogen and oxygen atoms in total. The van der Waals surface area contributed by atoms with Crippen LogP contribution in [-0.2, 0) is 15.0 Å². The van der Waals surface area contributed by atoms with Crippen LogP contribution in [0.3, 0.4) is 0 Å². The van der Waals surface area contributed by atoms with E-state index in [-0.39, 0.29) is 18.5 Å². The van der Waals surface area contributed by atoms with Gasteiger partial charge in [0.15, 0.2) is 0 Å². The Kier molecular flexibility index (Phi) is 8.69. The summed E-state index contributed by atoms with van der Waals surface area (Å²) in [6.07, 6.45) is 0.724. The molecule has 176 valence electrons. The van der Waals surface area contributed by atoms with Crippen LogP contribution in [0.25, 0.3) is 0 Å². The second-order valence-electron chi connectivity index (χ2n) is 8.61. The molecular formula is C24H35N3O4S. The highest BCUT2D eigenvalue weighted by atomic mass is 32.2. The fourth-order valence-corrected chi connectivity index (χ4v) is 4.55. The lowest BCUT2D eigenvalue weighted by Crippen LogP contribution is -2.46. The van der Waals surface area contributed by atoms with E-state index < -0.39 is 10.2 Å². The van der Waals surface area contributed by atoms with Gasteiger partial charge in [0.05, 0.1) is 18.8 Å². The van der Waals surface area contributed by atoms with E-state index in [0.29, 0.717) is 11.6 Å². The molecule has 1 amide bonds. The molecule has 32 heavy (non-hydrogen) atoms. The van der Waals surface area contributed by atoms with Crippen LogP contribution >= 0.6 is 0 Å². The number of hydrogen-bond acceptors (Lipinski definition) is 4. The molecule has 2 aromatic carbocycles. The molecule has 0 aromatic heterocycles. The molecule has 0 fully saturated rings. The maximum atomic E-state index is 13.1. The van der Waals surface area contributed by atoms with Gasteiger partial charge in [-0.05, 0) is 61.1 Å². The molecule has 2 rings (SSSR count). The summed E-state index contributed by atoms with van der Waals surface area (Å²) in [6, 6.07) is 12.9. The molecule has 0 unspecified atom stereocenters. The minimum absolute atomic E-state index is 0.240. The average molecular weight is 462 g/mol. The standard InChI is InChI=1S/C24H35N3O4S/c1-17(2)14-22(20-10-12-21(31-7)13-11-20)25-24(28)16-27(32(29,30)26(5)6)23-15-18(3)8-9-19(23)4/h8-13,15,17,22H,14,16H2,1-7H3,(H,25,28)/t22-/m0/s1. The van der Waals surface area contributed by atoms with E-state index >= 15 is 0 Å². The van der Waals surface area contributed by atoms with Crippen LogP contribution in [0.4, 0.5) is 5.69 Å². The summed E-state index contributed by atoms with van der Waals surface area (Å²) in [6.45, 7) is 7.59. The summed E-state index contributed by atoms with van der Waals surface area (Å²) >= 11 is 0. The van der Waals surface area contributed by atoms with E-state index in [1.54, 1.807) is 13.2 Å². The van der Waals surface area contributed by atoms with Crippen LogP contribution in [0.15, 0.2) is 42.5 Å². The lowest BCUT2D eigenvalue weighted by atomic mass is 9.97. The van der Waals surface area contributed by atoms with E-state index in [9.17, 15) is 13.2 Å². The van der Waals surface area contributed by atoms with Gasteiger partial charge in [-0.2, -0.15) is 12.7 Å². The Balaban J connectivity index is 2.35. The molecule has 2 aromatic rings. The number of anilines is 1. The summed E-state index contributed by atoms with van der Waals surface area (Å²) in [5.74, 6) is 0.711. The van der Waals surface area contributed by atoms with Crippen molar-refractivity contribution >= 4 is 21.8 Å². The Morgan fingerprint density at radius 2 is 1.69 bits per heavy atom. The Hall–Kier alpha value is -2.58. The van der Waals surface area contributed by atoms with Gasteiger partial charge in [-0.15, -0.1) is 0 Å². The number of benzene rings is 2. The Labute approximate surface area is 192 Å². The van der Waals surface area contributed by atoms with Gasteiger partial charge in [0.25, 0.3) is 0 Å². The highest BCUT2D eigenvalue weighted by Crippen LogP contribution is 2.27. The van der Waals surface area contributed by atoms with E-state index in [1.807, 2.05) is 50.2 Å².